The van der Waals surface area contributed by atoms with E-state index in [1.54, 1.807) is 11.8 Å². The lowest BCUT2D eigenvalue weighted by molar-refractivity contribution is -0.146. The molecule has 0 unspecified atom stereocenters. The van der Waals surface area contributed by atoms with E-state index in [-0.39, 0.29) is 28.8 Å². The van der Waals surface area contributed by atoms with Gasteiger partial charge in [-0.05, 0) is 19.8 Å². The largest absolute Gasteiger partial charge is 0.469 e. The summed E-state index contributed by atoms with van der Waals surface area (Å²) in [7, 11) is 1.34. The summed E-state index contributed by atoms with van der Waals surface area (Å²) in [5.74, 6) is -0.942. The van der Waals surface area contributed by atoms with Crippen LogP contribution in [0.5, 0.6) is 0 Å². The van der Waals surface area contributed by atoms with Gasteiger partial charge >= 0.3 is 5.97 Å². The zero-order valence-corrected chi connectivity index (χ0v) is 11.6. The number of methoxy groups -OCH3 is 1. The Kier molecular flexibility index (Phi) is 4.22. The van der Waals surface area contributed by atoms with Crippen LogP contribution in [0.15, 0.2) is 17.1 Å². The average Bonchev–Trinajstić information content (AvgIpc) is 2.46. The minimum Gasteiger partial charge on any atom is -0.469 e. The fourth-order valence-electron chi connectivity index (χ4n) is 2.43. The van der Waals surface area contributed by atoms with Crippen LogP contribution < -0.4 is 5.43 Å². The van der Waals surface area contributed by atoms with Crippen LogP contribution in [0.4, 0.5) is 0 Å². The normalized spacial score (nSPS) is 18.7. The first-order chi connectivity index (χ1) is 9.52. The Bertz CT molecular complexity index is 579. The van der Waals surface area contributed by atoms with E-state index in [0.717, 1.165) is 6.42 Å². The molecule has 1 N–H and O–H groups in total. The van der Waals surface area contributed by atoms with Crippen LogP contribution >= 0.6 is 0 Å². The third kappa shape index (κ3) is 2.89. The molecule has 1 atom stereocenters. The minimum absolute atomic E-state index is 0.112. The van der Waals surface area contributed by atoms with Gasteiger partial charge in [0.05, 0.1) is 13.0 Å². The number of amides is 1. The summed E-state index contributed by atoms with van der Waals surface area (Å²) < 4.78 is 4.72. The van der Waals surface area contributed by atoms with E-state index >= 15 is 0 Å². The van der Waals surface area contributed by atoms with Crippen molar-refractivity contribution in [2.24, 2.45) is 5.92 Å². The number of hydrogen-bond donors (Lipinski definition) is 1. The summed E-state index contributed by atoms with van der Waals surface area (Å²) in [6.07, 6.45) is 2.87. The quantitative estimate of drug-likeness (QED) is 0.808. The van der Waals surface area contributed by atoms with Crippen LogP contribution in [-0.4, -0.2) is 42.0 Å². The SMILES string of the molecule is COC(=O)[C@H]1CCCN(C(=O)c2c[nH]c(C)cc2=O)C1. The van der Waals surface area contributed by atoms with Crippen molar-refractivity contribution in [2.75, 3.05) is 20.2 Å². The molecule has 6 heteroatoms. The molecule has 0 spiro atoms. The smallest absolute Gasteiger partial charge is 0.310 e. The predicted octanol–water partition coefficient (Wildman–Crippen LogP) is 0.709. The Morgan fingerprint density at radius 1 is 1.45 bits per heavy atom. The van der Waals surface area contributed by atoms with Crippen LogP contribution in [0.1, 0.15) is 28.9 Å². The lowest BCUT2D eigenvalue weighted by atomic mass is 9.97. The highest BCUT2D eigenvalue weighted by Gasteiger charge is 2.30. The molecule has 0 aromatic carbocycles. The van der Waals surface area contributed by atoms with Crippen molar-refractivity contribution in [1.29, 1.82) is 0 Å². The van der Waals surface area contributed by atoms with Crippen molar-refractivity contribution in [3.05, 3.63) is 33.7 Å². The van der Waals surface area contributed by atoms with Crippen molar-refractivity contribution in [3.63, 3.8) is 0 Å². The summed E-state index contributed by atoms with van der Waals surface area (Å²) in [4.78, 5) is 40.1. The van der Waals surface area contributed by atoms with Gasteiger partial charge in [0.2, 0.25) is 0 Å². The topological polar surface area (TPSA) is 79.5 Å². The van der Waals surface area contributed by atoms with Gasteiger partial charge in [0, 0.05) is 31.0 Å². The molecule has 1 aromatic heterocycles. The maximum absolute atomic E-state index is 12.3. The second-order valence-electron chi connectivity index (χ2n) is 5.01. The molecule has 0 radical (unpaired) electrons. The maximum Gasteiger partial charge on any atom is 0.310 e. The number of pyridine rings is 1. The number of rotatable bonds is 2. The Morgan fingerprint density at radius 2 is 2.20 bits per heavy atom. The number of nitrogens with one attached hydrogen (secondary N) is 1. The molecule has 6 nitrogen and oxygen atoms in total. The summed E-state index contributed by atoms with van der Waals surface area (Å²) in [6, 6.07) is 1.40. The Morgan fingerprint density at radius 3 is 2.85 bits per heavy atom. The van der Waals surface area contributed by atoms with Crippen molar-refractivity contribution >= 4 is 11.9 Å². The van der Waals surface area contributed by atoms with E-state index in [9.17, 15) is 14.4 Å². The fraction of sp³-hybridized carbons (Fsp3) is 0.500. The molecule has 0 aliphatic carbocycles. The summed E-state index contributed by atoms with van der Waals surface area (Å²) in [5.41, 5.74) is 0.519. The van der Waals surface area contributed by atoms with Gasteiger partial charge in [-0.25, -0.2) is 0 Å². The number of carbonyl (C=O) groups excluding carboxylic acids is 2. The van der Waals surface area contributed by atoms with E-state index in [0.29, 0.717) is 25.2 Å². The minimum atomic E-state index is -0.333. The van der Waals surface area contributed by atoms with Gasteiger partial charge in [0.25, 0.3) is 5.91 Å². The molecule has 2 heterocycles. The molecular weight excluding hydrogens is 260 g/mol. The Labute approximate surface area is 116 Å². The van der Waals surface area contributed by atoms with Crippen molar-refractivity contribution in [2.45, 2.75) is 19.8 Å². The molecule has 20 heavy (non-hydrogen) atoms. The summed E-state index contributed by atoms with van der Waals surface area (Å²) >= 11 is 0. The average molecular weight is 278 g/mol. The number of aromatic nitrogens is 1. The van der Waals surface area contributed by atoms with Crippen LogP contribution in [0.25, 0.3) is 0 Å². The van der Waals surface area contributed by atoms with E-state index < -0.39 is 0 Å². The summed E-state index contributed by atoms with van der Waals surface area (Å²) in [6.45, 7) is 2.61. The first-order valence-corrected chi connectivity index (χ1v) is 6.59. The van der Waals surface area contributed by atoms with Crippen LogP contribution in [-0.2, 0) is 9.53 Å². The van der Waals surface area contributed by atoms with Crippen molar-refractivity contribution < 1.29 is 14.3 Å². The molecule has 1 aliphatic heterocycles. The molecular formula is C14H18N2O4. The first kappa shape index (κ1) is 14.3. The molecule has 1 fully saturated rings. The highest BCUT2D eigenvalue weighted by molar-refractivity contribution is 5.94. The second-order valence-corrected chi connectivity index (χ2v) is 5.01. The molecule has 0 bridgehead atoms. The van der Waals surface area contributed by atoms with Gasteiger partial charge in [-0.2, -0.15) is 0 Å². The molecule has 1 aromatic rings. The third-order valence-electron chi connectivity index (χ3n) is 3.53. The van der Waals surface area contributed by atoms with Gasteiger partial charge < -0.3 is 14.6 Å². The second kappa shape index (κ2) is 5.90. The van der Waals surface area contributed by atoms with Crippen LogP contribution in [0, 0.1) is 12.8 Å². The molecule has 1 saturated heterocycles. The van der Waals surface area contributed by atoms with E-state index in [2.05, 4.69) is 4.98 Å². The number of nitrogens with zero attached hydrogens (tertiary/aromatic N) is 1. The van der Waals surface area contributed by atoms with Gasteiger partial charge in [-0.15, -0.1) is 0 Å². The lowest BCUT2D eigenvalue weighted by Gasteiger charge is -2.31. The number of likely N-dealkylation sites (tertiary alicyclic amines) is 1. The number of hydrogen-bond acceptors (Lipinski definition) is 4. The number of piperidine rings is 1. The van der Waals surface area contributed by atoms with Crippen molar-refractivity contribution in [3.8, 4) is 0 Å². The molecule has 1 amide bonds. The van der Waals surface area contributed by atoms with E-state index in [1.807, 2.05) is 0 Å². The van der Waals surface area contributed by atoms with Gasteiger partial charge in [-0.3, -0.25) is 14.4 Å². The number of carbonyl (C=O) groups is 2. The van der Waals surface area contributed by atoms with Crippen LogP contribution in [0.3, 0.4) is 0 Å². The van der Waals surface area contributed by atoms with Gasteiger partial charge in [0.15, 0.2) is 5.43 Å². The Hall–Kier alpha value is -2.11. The zero-order valence-electron chi connectivity index (χ0n) is 11.6. The third-order valence-corrected chi connectivity index (χ3v) is 3.53. The summed E-state index contributed by atoms with van der Waals surface area (Å²) in [5, 5.41) is 0. The van der Waals surface area contributed by atoms with E-state index in [1.165, 1.54) is 19.4 Å². The van der Waals surface area contributed by atoms with Gasteiger partial charge in [0.1, 0.15) is 5.56 Å². The maximum atomic E-state index is 12.3. The molecule has 0 saturated carbocycles. The number of esters is 1. The number of ether oxygens (including phenoxy) is 1. The molecule has 108 valence electrons. The van der Waals surface area contributed by atoms with Crippen molar-refractivity contribution in [1.82, 2.24) is 9.88 Å². The molecule has 1 aliphatic rings. The fourth-order valence-corrected chi connectivity index (χ4v) is 2.43. The highest BCUT2D eigenvalue weighted by atomic mass is 16.5. The number of H-pyrrole nitrogens is 1. The number of aromatic amines is 1. The lowest BCUT2D eigenvalue weighted by Crippen LogP contribution is -2.43. The zero-order chi connectivity index (χ0) is 14.7. The highest BCUT2D eigenvalue weighted by Crippen LogP contribution is 2.18. The predicted molar refractivity (Wildman–Crippen MR) is 72.4 cm³/mol. The standard InChI is InChI=1S/C14H18N2O4/c1-9-6-12(17)11(7-15-9)13(18)16-5-3-4-10(8-16)14(19)20-2/h6-7,10H,3-5,8H2,1-2H3,(H,15,17)/t10-/m0/s1. The number of aryl methyl sites for hydroxylation is 1. The van der Waals surface area contributed by atoms with Crippen LogP contribution in [0.2, 0.25) is 0 Å². The Balaban J connectivity index is 2.16. The van der Waals surface area contributed by atoms with E-state index in [4.69, 9.17) is 4.74 Å². The van der Waals surface area contributed by atoms with Gasteiger partial charge in [-0.1, -0.05) is 0 Å². The molecule has 2 rings (SSSR count). The monoisotopic (exact) mass is 278 g/mol. The first-order valence-electron chi connectivity index (χ1n) is 6.59.